The van der Waals surface area contributed by atoms with E-state index in [4.69, 9.17) is 30.1 Å². The van der Waals surface area contributed by atoms with Gasteiger partial charge < -0.3 is 19.1 Å². The first kappa shape index (κ1) is 32.7. The van der Waals surface area contributed by atoms with Crippen molar-refractivity contribution in [2.75, 3.05) is 13.2 Å². The highest BCUT2D eigenvalue weighted by Gasteiger charge is 2.49. The van der Waals surface area contributed by atoms with Crippen LogP contribution in [0.25, 0.3) is 6.08 Å². The highest BCUT2D eigenvalue weighted by molar-refractivity contribution is 9.11. The molecule has 1 aromatic heterocycles. The second kappa shape index (κ2) is 14.5. The molecule has 2 aliphatic rings. The van der Waals surface area contributed by atoms with Crippen LogP contribution in [0.2, 0.25) is 5.02 Å². The van der Waals surface area contributed by atoms with E-state index in [1.807, 2.05) is 6.92 Å². The Kier molecular flexibility index (Phi) is 11.3. The molecule has 0 radical (unpaired) electrons. The number of aliphatic hydroxyl groups excluding tert-OH is 1. The standard InChI is InChI=1S/C27H34BrClN3O9P/c1-2-3-14-38-25(35)27(11-4-5-12-27)31-42(37,41-20-8-6-19(29)7-9-20)39-17-22-21(33)15-23(40-22)32-16-18(10-13-28)24(34)30-26(32)36/h6-10,13,16,21-23,33H,2-5,11-12,14-15,17H2,1H3,(H,31,37)(H,30,34,36)/b13-10+/t21?,22-,23-,42?/m1/s1. The number of nitrogens with zero attached hydrogens (tertiary/aromatic N) is 1. The number of nitrogens with one attached hydrogen (secondary N) is 2. The quantitative estimate of drug-likeness (QED) is 0.153. The van der Waals surface area contributed by atoms with Crippen LogP contribution in [0.15, 0.2) is 45.0 Å². The minimum atomic E-state index is -4.28. The van der Waals surface area contributed by atoms with Crippen LogP contribution in [0, 0.1) is 0 Å². The number of aromatic nitrogens is 2. The van der Waals surface area contributed by atoms with E-state index in [9.17, 15) is 24.1 Å². The Balaban J connectivity index is 1.54. The molecule has 3 N–H and O–H groups in total. The van der Waals surface area contributed by atoms with Crippen molar-refractivity contribution >= 4 is 47.3 Å². The molecule has 1 aliphatic heterocycles. The van der Waals surface area contributed by atoms with Gasteiger partial charge in [0.05, 0.1) is 24.9 Å². The van der Waals surface area contributed by atoms with Crippen molar-refractivity contribution in [3.8, 4) is 5.75 Å². The van der Waals surface area contributed by atoms with Crippen LogP contribution in [0.3, 0.4) is 0 Å². The van der Waals surface area contributed by atoms with Crippen molar-refractivity contribution in [3.05, 3.63) is 66.9 Å². The molecule has 0 spiro atoms. The normalized spacial score (nSPS) is 23.2. The predicted molar refractivity (Wildman–Crippen MR) is 160 cm³/mol. The highest BCUT2D eigenvalue weighted by atomic mass is 79.9. The predicted octanol–water partition coefficient (Wildman–Crippen LogP) is 4.65. The van der Waals surface area contributed by atoms with Gasteiger partial charge in [0.15, 0.2) is 0 Å². The van der Waals surface area contributed by atoms with E-state index >= 15 is 0 Å². The smallest absolute Gasteiger partial charge is 0.459 e. The lowest BCUT2D eigenvalue weighted by Crippen LogP contribution is -2.50. The van der Waals surface area contributed by atoms with Gasteiger partial charge in [-0.05, 0) is 54.6 Å². The summed E-state index contributed by atoms with van der Waals surface area (Å²) in [5.74, 6) is -0.347. The molecule has 4 atom stereocenters. The van der Waals surface area contributed by atoms with E-state index < -0.39 is 55.5 Å². The molecule has 2 aromatic rings. The first-order valence-corrected chi connectivity index (χ1v) is 16.5. The van der Waals surface area contributed by atoms with Crippen LogP contribution >= 0.6 is 35.3 Å². The van der Waals surface area contributed by atoms with Crippen molar-refractivity contribution in [1.29, 1.82) is 0 Å². The number of ether oxygens (including phenoxy) is 2. The number of hydrogen-bond acceptors (Lipinski definition) is 9. The fourth-order valence-corrected chi connectivity index (χ4v) is 7.03. The van der Waals surface area contributed by atoms with E-state index in [2.05, 4.69) is 26.0 Å². The number of aliphatic hydroxyl groups is 1. The fourth-order valence-electron chi connectivity index (χ4n) is 4.87. The number of rotatable bonds is 13. The molecule has 1 aromatic carbocycles. The van der Waals surface area contributed by atoms with Gasteiger partial charge in [0, 0.05) is 17.6 Å². The summed E-state index contributed by atoms with van der Waals surface area (Å²) >= 11 is 9.10. The summed E-state index contributed by atoms with van der Waals surface area (Å²) in [7, 11) is -4.28. The summed E-state index contributed by atoms with van der Waals surface area (Å²) in [5, 5.41) is 14.1. The molecule has 2 fully saturated rings. The summed E-state index contributed by atoms with van der Waals surface area (Å²) in [6, 6.07) is 6.14. The maximum absolute atomic E-state index is 14.2. The second-order valence-corrected chi connectivity index (χ2v) is 12.8. The van der Waals surface area contributed by atoms with Gasteiger partial charge in [0.2, 0.25) is 0 Å². The largest absolute Gasteiger partial charge is 0.464 e. The number of aromatic amines is 1. The van der Waals surface area contributed by atoms with Crippen LogP contribution in [-0.2, 0) is 23.4 Å². The van der Waals surface area contributed by atoms with E-state index in [0.29, 0.717) is 37.1 Å². The number of carbonyl (C=O) groups is 1. The lowest BCUT2D eigenvalue weighted by Gasteiger charge is -2.32. The topological polar surface area (TPSA) is 158 Å². The Bertz CT molecular complexity index is 1430. The maximum atomic E-state index is 14.2. The molecular formula is C27H34BrClN3O9P. The molecule has 1 saturated heterocycles. The van der Waals surface area contributed by atoms with Crippen LogP contribution in [0.1, 0.15) is 63.7 Å². The zero-order valence-electron chi connectivity index (χ0n) is 23.0. The average Bonchev–Trinajstić information content (AvgIpc) is 3.57. The number of carbonyl (C=O) groups excluding carboxylic acids is 1. The number of hydrogen-bond donors (Lipinski definition) is 3. The minimum Gasteiger partial charge on any atom is -0.464 e. The lowest BCUT2D eigenvalue weighted by atomic mass is 10.00. The van der Waals surface area contributed by atoms with Crippen molar-refractivity contribution in [3.63, 3.8) is 0 Å². The summed E-state index contributed by atoms with van der Waals surface area (Å²) in [4.78, 5) is 41.4. The second-order valence-electron chi connectivity index (χ2n) is 10.2. The zero-order chi connectivity index (χ0) is 30.3. The number of benzene rings is 1. The van der Waals surface area contributed by atoms with Gasteiger partial charge in [0.1, 0.15) is 23.6 Å². The summed E-state index contributed by atoms with van der Waals surface area (Å²) in [6.07, 6.45) is 3.46. The third-order valence-electron chi connectivity index (χ3n) is 7.13. The Labute approximate surface area is 256 Å². The van der Waals surface area contributed by atoms with E-state index in [1.165, 1.54) is 29.4 Å². The molecule has 42 heavy (non-hydrogen) atoms. The van der Waals surface area contributed by atoms with E-state index in [1.54, 1.807) is 12.1 Å². The van der Waals surface area contributed by atoms with Crippen molar-refractivity contribution in [1.82, 2.24) is 14.6 Å². The Hall–Kier alpha value is -2.25. The minimum absolute atomic E-state index is 0.000900. The molecule has 15 heteroatoms. The first-order chi connectivity index (χ1) is 20.1. The first-order valence-electron chi connectivity index (χ1n) is 13.7. The SMILES string of the molecule is CCCCOC(=O)C1(NP(=O)(OC[C@H]2O[C@@H](n3cc(/C=C/Br)c(=O)[nH]c3=O)CC2O)Oc2ccc(Cl)cc2)CCCC1. The molecule has 1 aliphatic carbocycles. The molecule has 1 saturated carbocycles. The Morgan fingerprint density at radius 1 is 1.31 bits per heavy atom. The van der Waals surface area contributed by atoms with E-state index in [-0.39, 0.29) is 24.3 Å². The van der Waals surface area contributed by atoms with Crippen LogP contribution < -0.4 is 20.9 Å². The number of unbranched alkanes of at least 4 members (excludes halogenated alkanes) is 1. The van der Waals surface area contributed by atoms with Gasteiger partial charge in [-0.3, -0.25) is 23.7 Å². The lowest BCUT2D eigenvalue weighted by molar-refractivity contribution is -0.151. The molecule has 12 nitrogen and oxygen atoms in total. The molecule has 2 unspecified atom stereocenters. The van der Waals surface area contributed by atoms with Crippen molar-refractivity contribution in [2.24, 2.45) is 0 Å². The van der Waals surface area contributed by atoms with Gasteiger partial charge in [-0.25, -0.2) is 9.36 Å². The maximum Gasteiger partial charge on any atom is 0.459 e. The van der Waals surface area contributed by atoms with E-state index in [0.717, 1.165) is 11.0 Å². The van der Waals surface area contributed by atoms with Crippen LogP contribution in [0.5, 0.6) is 5.75 Å². The van der Waals surface area contributed by atoms with Gasteiger partial charge in [-0.1, -0.05) is 53.7 Å². The van der Waals surface area contributed by atoms with Crippen LogP contribution in [0.4, 0.5) is 0 Å². The summed E-state index contributed by atoms with van der Waals surface area (Å²) in [6.45, 7) is 1.82. The van der Waals surface area contributed by atoms with Gasteiger partial charge >= 0.3 is 19.4 Å². The van der Waals surface area contributed by atoms with Gasteiger partial charge in [0.25, 0.3) is 5.56 Å². The Morgan fingerprint density at radius 3 is 2.69 bits per heavy atom. The highest BCUT2D eigenvalue weighted by Crippen LogP contribution is 2.50. The molecule has 2 heterocycles. The monoisotopic (exact) mass is 689 g/mol. The zero-order valence-corrected chi connectivity index (χ0v) is 26.2. The number of esters is 1. The molecule has 4 rings (SSSR count). The average molecular weight is 691 g/mol. The number of H-pyrrole nitrogens is 1. The van der Waals surface area contributed by atoms with Crippen LogP contribution in [-0.4, -0.2) is 51.6 Å². The molecule has 0 bridgehead atoms. The summed E-state index contributed by atoms with van der Waals surface area (Å²) < 4.78 is 38.4. The molecular weight excluding hydrogens is 657 g/mol. The van der Waals surface area contributed by atoms with Gasteiger partial charge in [-0.15, -0.1) is 0 Å². The summed E-state index contributed by atoms with van der Waals surface area (Å²) in [5.41, 5.74) is -2.38. The number of halogens is 2. The third kappa shape index (κ3) is 8.02. The van der Waals surface area contributed by atoms with Crippen molar-refractivity contribution in [2.45, 2.75) is 75.8 Å². The fraction of sp³-hybridized carbons (Fsp3) is 0.519. The molecule has 230 valence electrons. The van der Waals surface area contributed by atoms with Crippen molar-refractivity contribution < 1.29 is 33.0 Å². The Morgan fingerprint density at radius 2 is 2.02 bits per heavy atom. The van der Waals surface area contributed by atoms with Gasteiger partial charge in [-0.2, -0.15) is 5.09 Å². The molecule has 0 amide bonds. The third-order valence-corrected chi connectivity index (χ3v) is 9.29.